The lowest BCUT2D eigenvalue weighted by Crippen LogP contribution is -2.67. The van der Waals surface area contributed by atoms with Crippen molar-refractivity contribution in [2.45, 2.75) is 230 Å². The molecule has 10 rings (SSSR count). The third-order valence-electron chi connectivity index (χ3n) is 27.3. The average Bonchev–Trinajstić information content (AvgIpc) is 3.86. The summed E-state index contributed by atoms with van der Waals surface area (Å²) in [4.78, 5) is 38.3. The molecule has 0 saturated heterocycles. The Morgan fingerprint density at radius 1 is 0.478 bits per heavy atom. The molecule has 0 aromatic carbocycles. The van der Waals surface area contributed by atoms with Gasteiger partial charge in [-0.05, 0) is 246 Å². The molecule has 0 aliphatic heterocycles. The predicted octanol–water partition coefficient (Wildman–Crippen LogP) is 12.2. The zero-order valence-corrected chi connectivity index (χ0v) is 44.7. The minimum absolute atomic E-state index is 0.000765. The number of carbonyl (C=O) groups excluding carboxylic acids is 1. The van der Waals surface area contributed by atoms with E-state index in [1.165, 1.54) is 32.1 Å². The Morgan fingerprint density at radius 2 is 0.896 bits per heavy atom. The summed E-state index contributed by atoms with van der Waals surface area (Å²) in [6.45, 7) is 28.5. The zero-order valence-electron chi connectivity index (χ0n) is 44.7. The first-order chi connectivity index (χ1) is 31.0. The molecule has 0 amide bonds. The first-order valence-corrected chi connectivity index (χ1v) is 28.1. The molecule has 21 atom stereocenters. The number of rotatable bonds is 5. The fourth-order valence-corrected chi connectivity index (χ4v) is 23.2. The van der Waals surface area contributed by atoms with Crippen molar-refractivity contribution in [3.8, 4) is 0 Å². The van der Waals surface area contributed by atoms with Gasteiger partial charge in [-0.2, -0.15) is 0 Å². The van der Waals surface area contributed by atoms with E-state index in [2.05, 4.69) is 81.5 Å². The van der Waals surface area contributed by atoms with E-state index in [0.29, 0.717) is 59.8 Å². The van der Waals surface area contributed by atoms with Gasteiger partial charge in [-0.15, -0.1) is 0 Å². The topological polar surface area (TPSA) is 144 Å². The largest absolute Gasteiger partial charge is 0.481 e. The number of nitrogens with one attached hydrogen (secondary N) is 1. The summed E-state index contributed by atoms with van der Waals surface area (Å²) in [6.07, 6.45) is 20.1. The van der Waals surface area contributed by atoms with Crippen LogP contribution in [0, 0.1) is 113 Å². The minimum Gasteiger partial charge on any atom is -0.481 e. The smallest absolute Gasteiger partial charge is 0.309 e. The molecular formula is C59H97NO7. The van der Waals surface area contributed by atoms with Crippen molar-refractivity contribution in [1.29, 1.82) is 0 Å². The molecule has 380 valence electrons. The number of hydrogen-bond donors (Lipinski definition) is 5. The normalized spacial score (nSPS) is 54.9. The van der Waals surface area contributed by atoms with Crippen molar-refractivity contribution in [3.63, 3.8) is 0 Å². The highest BCUT2D eigenvalue weighted by atomic mass is 16.4. The average molecular weight is 932 g/mol. The van der Waals surface area contributed by atoms with Crippen LogP contribution in [0.5, 0.6) is 0 Å². The Kier molecular flexibility index (Phi) is 12.0. The second kappa shape index (κ2) is 16.0. The lowest BCUT2D eigenvalue weighted by molar-refractivity contribution is -0.249. The second-order valence-electron chi connectivity index (χ2n) is 29.1. The number of fused-ring (bicyclic) bond motifs is 14. The Labute approximate surface area is 406 Å². The highest BCUT2D eigenvalue weighted by Gasteiger charge is 2.74. The van der Waals surface area contributed by atoms with Crippen LogP contribution in [0.2, 0.25) is 0 Å². The standard InChI is InChI=1S/C30H51NO3.C29H46O4/c1-18(31-7)19-10-15-30(25(33)34)17-16-28(5)20(24(19)30)8-9-22-27(4)13-12-23(32)26(2,3)21(27)11-14-29(22,28)6;1-17(30)18-9-14-29(24(32)33)16-15-27(5)19(23(18)29)7-8-21-26(4)12-11-22(31)25(2,3)20(26)10-13-28(21,27)6/h18-24,31-32H,8-17H2,1-7H3,(H,33,34);18-23,31H,7-16H2,1-6H3,(H,32,33)/t18?,19-,20?,21?,22?,23-,24?,27-,28+,29+,30-;18-,19?,20?,21?,22-,23?,26-,27+,28+,29-/m00/s1. The van der Waals surface area contributed by atoms with E-state index < -0.39 is 22.8 Å². The third kappa shape index (κ3) is 6.39. The van der Waals surface area contributed by atoms with Crippen LogP contribution in [0.3, 0.4) is 0 Å². The van der Waals surface area contributed by atoms with Crippen molar-refractivity contribution in [2.24, 2.45) is 113 Å². The Hall–Kier alpha value is -1.51. The Bertz CT molecular complexity index is 1980. The molecule has 8 nitrogen and oxygen atoms in total. The van der Waals surface area contributed by atoms with Crippen LogP contribution in [0.4, 0.5) is 0 Å². The number of carboxylic acids is 2. The van der Waals surface area contributed by atoms with Crippen LogP contribution in [0.1, 0.15) is 212 Å². The van der Waals surface area contributed by atoms with E-state index in [1.807, 2.05) is 7.05 Å². The van der Waals surface area contributed by atoms with E-state index >= 15 is 0 Å². The molecule has 8 heteroatoms. The molecule has 0 radical (unpaired) electrons. The summed E-state index contributed by atoms with van der Waals surface area (Å²) in [7, 11) is 2.05. The van der Waals surface area contributed by atoms with Crippen LogP contribution in [-0.4, -0.2) is 63.4 Å². The SMILES string of the molecule is CC(=O)[C@@H]1CC[C@]2(C(=O)O)CC[C@]3(C)C(CCC4[C@@]5(C)CC[C@H](O)C(C)(C)C5CC[C@]43C)C12.CNC(C)[C@@H]1CC[C@]2(C(=O)O)CC[C@]3(C)C(CCC4[C@@]5(C)CC[C@H](O)C(C)(C)C5CC[C@]43C)C12. The molecule has 0 aromatic heterocycles. The quantitative estimate of drug-likeness (QED) is 0.183. The first kappa shape index (κ1) is 50.4. The van der Waals surface area contributed by atoms with Gasteiger partial charge in [0.2, 0.25) is 0 Å². The van der Waals surface area contributed by atoms with Crippen molar-refractivity contribution in [1.82, 2.24) is 5.32 Å². The van der Waals surface area contributed by atoms with Gasteiger partial charge in [0.25, 0.3) is 0 Å². The zero-order chi connectivity index (χ0) is 49.1. The van der Waals surface area contributed by atoms with E-state index in [1.54, 1.807) is 6.92 Å². The fourth-order valence-electron chi connectivity index (χ4n) is 23.2. The lowest BCUT2D eigenvalue weighted by Gasteiger charge is -2.72. The number of hydrogen-bond acceptors (Lipinski definition) is 6. The van der Waals surface area contributed by atoms with Gasteiger partial charge in [0.15, 0.2) is 0 Å². The summed E-state index contributed by atoms with van der Waals surface area (Å²) in [5.74, 6) is 2.92. The molecule has 10 fully saturated rings. The Balaban J connectivity index is 0.000000168. The van der Waals surface area contributed by atoms with Crippen molar-refractivity contribution >= 4 is 17.7 Å². The molecule has 9 unspecified atom stereocenters. The van der Waals surface area contributed by atoms with E-state index in [0.717, 1.165) is 89.9 Å². The molecular weight excluding hydrogens is 835 g/mol. The fraction of sp³-hybridized carbons (Fsp3) is 0.949. The van der Waals surface area contributed by atoms with Gasteiger partial charge in [-0.25, -0.2) is 0 Å². The van der Waals surface area contributed by atoms with Crippen LogP contribution < -0.4 is 5.32 Å². The van der Waals surface area contributed by atoms with Gasteiger partial charge in [0, 0.05) is 12.0 Å². The van der Waals surface area contributed by atoms with Gasteiger partial charge < -0.3 is 25.7 Å². The van der Waals surface area contributed by atoms with E-state index in [4.69, 9.17) is 0 Å². The number of aliphatic hydroxyl groups excluding tert-OH is 2. The maximum absolute atomic E-state index is 12.9. The molecule has 0 aromatic rings. The lowest BCUT2D eigenvalue weighted by atomic mass is 9.32. The molecule has 67 heavy (non-hydrogen) atoms. The number of aliphatic hydroxyl groups is 2. The predicted molar refractivity (Wildman–Crippen MR) is 265 cm³/mol. The minimum atomic E-state index is -0.693. The maximum atomic E-state index is 12.9. The van der Waals surface area contributed by atoms with Gasteiger partial charge in [0.1, 0.15) is 5.78 Å². The molecule has 5 N–H and O–H groups in total. The van der Waals surface area contributed by atoms with Crippen LogP contribution >= 0.6 is 0 Å². The van der Waals surface area contributed by atoms with Gasteiger partial charge in [0.05, 0.1) is 23.0 Å². The number of aliphatic carboxylic acids is 2. The van der Waals surface area contributed by atoms with E-state index in [9.17, 15) is 34.8 Å². The van der Waals surface area contributed by atoms with Gasteiger partial charge >= 0.3 is 11.9 Å². The summed E-state index contributed by atoms with van der Waals surface area (Å²) < 4.78 is 0. The highest BCUT2D eigenvalue weighted by Crippen LogP contribution is 2.79. The van der Waals surface area contributed by atoms with Crippen molar-refractivity contribution < 1.29 is 34.8 Å². The Morgan fingerprint density at radius 3 is 1.31 bits per heavy atom. The van der Waals surface area contributed by atoms with E-state index in [-0.39, 0.29) is 73.1 Å². The molecule has 10 aliphatic carbocycles. The van der Waals surface area contributed by atoms with Gasteiger partial charge in [-0.3, -0.25) is 14.4 Å². The van der Waals surface area contributed by atoms with Crippen molar-refractivity contribution in [2.75, 3.05) is 7.05 Å². The molecule has 0 bridgehead atoms. The molecule has 10 saturated carbocycles. The second-order valence-corrected chi connectivity index (χ2v) is 29.1. The molecule has 10 aliphatic rings. The van der Waals surface area contributed by atoms with Crippen molar-refractivity contribution in [3.05, 3.63) is 0 Å². The summed E-state index contributed by atoms with van der Waals surface area (Å²) in [5.41, 5.74) is -0.0932. The first-order valence-electron chi connectivity index (χ1n) is 28.1. The van der Waals surface area contributed by atoms with Crippen LogP contribution in [-0.2, 0) is 14.4 Å². The van der Waals surface area contributed by atoms with Gasteiger partial charge in [-0.1, -0.05) is 69.2 Å². The maximum Gasteiger partial charge on any atom is 0.309 e. The molecule has 0 spiro atoms. The number of carboxylic acid groups (broad SMARTS) is 2. The number of Topliss-reactive ketones (excluding diaryl/α,β-unsaturated/α-hetero) is 1. The monoisotopic (exact) mass is 932 g/mol. The summed E-state index contributed by atoms with van der Waals surface area (Å²) >= 11 is 0. The number of carbonyl (C=O) groups is 3. The highest BCUT2D eigenvalue weighted by molar-refractivity contribution is 5.83. The van der Waals surface area contributed by atoms with Crippen LogP contribution in [0.15, 0.2) is 0 Å². The number of ketones is 1. The summed E-state index contributed by atoms with van der Waals surface area (Å²) in [6, 6.07) is 0.369. The third-order valence-corrected chi connectivity index (χ3v) is 27.3. The van der Waals surface area contributed by atoms with Crippen LogP contribution in [0.25, 0.3) is 0 Å². The summed E-state index contributed by atoms with van der Waals surface area (Å²) in [5, 5.41) is 46.3. The molecule has 0 heterocycles.